The van der Waals surface area contributed by atoms with Crippen LogP contribution in [0.3, 0.4) is 0 Å². The molecule has 0 aromatic carbocycles. The van der Waals surface area contributed by atoms with Crippen LogP contribution >= 0.6 is 11.3 Å². The number of carbonyl (C=O) groups excluding carboxylic acids is 1. The Labute approximate surface area is 131 Å². The van der Waals surface area contributed by atoms with Crippen molar-refractivity contribution in [3.8, 4) is 0 Å². The van der Waals surface area contributed by atoms with E-state index in [1.807, 2.05) is 11.4 Å². The Balaban J connectivity index is 1.77. The van der Waals surface area contributed by atoms with Crippen LogP contribution in [0.4, 0.5) is 0 Å². The van der Waals surface area contributed by atoms with Crippen LogP contribution in [-0.4, -0.2) is 43.0 Å². The van der Waals surface area contributed by atoms with E-state index in [0.29, 0.717) is 25.0 Å². The van der Waals surface area contributed by atoms with Gasteiger partial charge in [0.1, 0.15) is 0 Å². The van der Waals surface area contributed by atoms with Gasteiger partial charge in [-0.2, -0.15) is 0 Å². The van der Waals surface area contributed by atoms with Gasteiger partial charge in [0.2, 0.25) is 5.91 Å². The molecule has 0 radical (unpaired) electrons. The SMILES string of the molecule is CC(C)CN(CC(=O)NCc1cccs1)CC1CCCN1. The Kier molecular flexibility index (Phi) is 6.67. The van der Waals surface area contributed by atoms with Crippen molar-refractivity contribution < 1.29 is 4.79 Å². The molecule has 1 unspecified atom stereocenters. The normalized spacial score (nSPS) is 18.6. The summed E-state index contributed by atoms with van der Waals surface area (Å²) in [5.41, 5.74) is 0. The molecular weight excluding hydrogens is 282 g/mol. The zero-order chi connectivity index (χ0) is 15.1. The lowest BCUT2D eigenvalue weighted by Gasteiger charge is -2.26. The molecule has 21 heavy (non-hydrogen) atoms. The number of carbonyl (C=O) groups is 1. The fraction of sp³-hybridized carbons (Fsp3) is 0.688. The van der Waals surface area contributed by atoms with Crippen molar-refractivity contribution in [1.29, 1.82) is 0 Å². The quantitative estimate of drug-likeness (QED) is 0.773. The lowest BCUT2D eigenvalue weighted by molar-refractivity contribution is -0.122. The summed E-state index contributed by atoms with van der Waals surface area (Å²) in [5, 5.41) is 8.58. The zero-order valence-corrected chi connectivity index (χ0v) is 13.9. The molecule has 0 spiro atoms. The Morgan fingerprint density at radius 1 is 1.57 bits per heavy atom. The lowest BCUT2D eigenvalue weighted by atomic mass is 10.1. The summed E-state index contributed by atoms with van der Waals surface area (Å²) in [4.78, 5) is 15.6. The molecule has 2 N–H and O–H groups in total. The Morgan fingerprint density at radius 3 is 3.05 bits per heavy atom. The van der Waals surface area contributed by atoms with E-state index in [2.05, 4.69) is 35.4 Å². The van der Waals surface area contributed by atoms with Crippen molar-refractivity contribution in [2.75, 3.05) is 26.2 Å². The van der Waals surface area contributed by atoms with E-state index in [1.54, 1.807) is 11.3 Å². The molecule has 2 rings (SSSR count). The van der Waals surface area contributed by atoms with E-state index >= 15 is 0 Å². The predicted molar refractivity (Wildman–Crippen MR) is 88.5 cm³/mol. The van der Waals surface area contributed by atoms with Gasteiger partial charge in [-0.25, -0.2) is 0 Å². The second kappa shape index (κ2) is 8.51. The van der Waals surface area contributed by atoms with Crippen molar-refractivity contribution >= 4 is 17.2 Å². The molecule has 0 bridgehead atoms. The number of thiophene rings is 1. The number of rotatable bonds is 8. The largest absolute Gasteiger partial charge is 0.350 e. The second-order valence-electron chi connectivity index (χ2n) is 6.24. The molecule has 1 aliphatic rings. The third kappa shape index (κ3) is 6.16. The van der Waals surface area contributed by atoms with E-state index in [-0.39, 0.29) is 5.91 Å². The average molecular weight is 309 g/mol. The molecule has 5 heteroatoms. The predicted octanol–water partition coefficient (Wildman–Crippen LogP) is 2.07. The first kappa shape index (κ1) is 16.5. The number of hydrogen-bond acceptors (Lipinski definition) is 4. The fourth-order valence-corrected chi connectivity index (χ4v) is 3.45. The summed E-state index contributed by atoms with van der Waals surface area (Å²) in [5.74, 6) is 0.707. The molecule has 1 aliphatic heterocycles. The zero-order valence-electron chi connectivity index (χ0n) is 13.1. The van der Waals surface area contributed by atoms with Gasteiger partial charge in [0, 0.05) is 24.0 Å². The van der Waals surface area contributed by atoms with E-state index in [1.165, 1.54) is 17.7 Å². The minimum absolute atomic E-state index is 0.127. The van der Waals surface area contributed by atoms with Crippen molar-refractivity contribution in [3.05, 3.63) is 22.4 Å². The van der Waals surface area contributed by atoms with Gasteiger partial charge in [0.05, 0.1) is 13.1 Å². The molecule has 4 nitrogen and oxygen atoms in total. The molecule has 1 fully saturated rings. The van der Waals surface area contributed by atoms with Crippen LogP contribution in [0.25, 0.3) is 0 Å². The van der Waals surface area contributed by atoms with Crippen molar-refractivity contribution in [2.24, 2.45) is 5.92 Å². The van der Waals surface area contributed by atoms with E-state index < -0.39 is 0 Å². The first-order valence-corrected chi connectivity index (χ1v) is 8.76. The highest BCUT2D eigenvalue weighted by atomic mass is 32.1. The van der Waals surface area contributed by atoms with E-state index in [4.69, 9.17) is 0 Å². The molecule has 1 aromatic rings. The van der Waals surface area contributed by atoms with Gasteiger partial charge in [-0.15, -0.1) is 11.3 Å². The molecule has 0 saturated carbocycles. The van der Waals surface area contributed by atoms with Crippen LogP contribution < -0.4 is 10.6 Å². The number of amides is 1. The van der Waals surface area contributed by atoms with Crippen molar-refractivity contribution in [1.82, 2.24) is 15.5 Å². The Bertz CT molecular complexity index is 413. The molecular formula is C16H27N3OS. The smallest absolute Gasteiger partial charge is 0.234 e. The third-order valence-electron chi connectivity index (χ3n) is 3.67. The van der Waals surface area contributed by atoms with Crippen LogP contribution in [0, 0.1) is 5.92 Å². The lowest BCUT2D eigenvalue weighted by Crippen LogP contribution is -2.44. The van der Waals surface area contributed by atoms with Crippen LogP contribution in [-0.2, 0) is 11.3 Å². The van der Waals surface area contributed by atoms with Crippen LogP contribution in [0.2, 0.25) is 0 Å². The number of nitrogens with one attached hydrogen (secondary N) is 2. The van der Waals surface area contributed by atoms with Gasteiger partial charge in [-0.3, -0.25) is 9.69 Å². The molecule has 118 valence electrons. The Hall–Kier alpha value is -0.910. The summed E-state index contributed by atoms with van der Waals surface area (Å²) < 4.78 is 0. The maximum atomic E-state index is 12.1. The average Bonchev–Trinajstić information content (AvgIpc) is 3.08. The summed E-state index contributed by atoms with van der Waals surface area (Å²) in [6.07, 6.45) is 2.48. The van der Waals surface area contributed by atoms with Gasteiger partial charge in [0.15, 0.2) is 0 Å². The highest BCUT2D eigenvalue weighted by molar-refractivity contribution is 7.09. The van der Waals surface area contributed by atoms with Crippen molar-refractivity contribution in [2.45, 2.75) is 39.3 Å². The van der Waals surface area contributed by atoms with Crippen molar-refractivity contribution in [3.63, 3.8) is 0 Å². The minimum Gasteiger partial charge on any atom is -0.350 e. The third-order valence-corrected chi connectivity index (χ3v) is 4.55. The first-order chi connectivity index (χ1) is 10.1. The summed E-state index contributed by atoms with van der Waals surface area (Å²) >= 11 is 1.68. The number of hydrogen-bond donors (Lipinski definition) is 2. The molecule has 0 aliphatic carbocycles. The number of nitrogens with zero attached hydrogens (tertiary/aromatic N) is 1. The second-order valence-corrected chi connectivity index (χ2v) is 7.27. The monoisotopic (exact) mass is 309 g/mol. The molecule has 1 saturated heterocycles. The summed E-state index contributed by atoms with van der Waals surface area (Å²) in [6, 6.07) is 4.62. The van der Waals surface area contributed by atoms with Gasteiger partial charge in [-0.05, 0) is 36.8 Å². The highest BCUT2D eigenvalue weighted by Gasteiger charge is 2.20. The standard InChI is InChI=1S/C16H27N3OS/c1-13(2)10-19(11-14-5-3-7-17-14)12-16(20)18-9-15-6-4-8-21-15/h4,6,8,13-14,17H,3,5,7,9-12H2,1-2H3,(H,18,20). The van der Waals surface area contributed by atoms with Gasteiger partial charge < -0.3 is 10.6 Å². The molecule has 2 heterocycles. The summed E-state index contributed by atoms with van der Waals surface area (Å²) in [7, 11) is 0. The topological polar surface area (TPSA) is 44.4 Å². The van der Waals surface area contributed by atoms with E-state index in [0.717, 1.165) is 19.6 Å². The van der Waals surface area contributed by atoms with Gasteiger partial charge in [0.25, 0.3) is 0 Å². The maximum absolute atomic E-state index is 12.1. The summed E-state index contributed by atoms with van der Waals surface area (Å²) in [6.45, 7) is 8.63. The fourth-order valence-electron chi connectivity index (χ4n) is 2.80. The van der Waals surface area contributed by atoms with Crippen LogP contribution in [0.15, 0.2) is 17.5 Å². The molecule has 1 aromatic heterocycles. The van der Waals surface area contributed by atoms with Gasteiger partial charge >= 0.3 is 0 Å². The molecule has 1 amide bonds. The maximum Gasteiger partial charge on any atom is 0.234 e. The van der Waals surface area contributed by atoms with Crippen LogP contribution in [0.1, 0.15) is 31.6 Å². The van der Waals surface area contributed by atoms with E-state index in [9.17, 15) is 4.79 Å². The molecule has 1 atom stereocenters. The van der Waals surface area contributed by atoms with Gasteiger partial charge in [-0.1, -0.05) is 19.9 Å². The Morgan fingerprint density at radius 2 is 2.43 bits per heavy atom. The minimum atomic E-state index is 0.127. The highest BCUT2D eigenvalue weighted by Crippen LogP contribution is 2.09. The first-order valence-electron chi connectivity index (χ1n) is 7.88. The van der Waals surface area contributed by atoms with Crippen LogP contribution in [0.5, 0.6) is 0 Å².